The highest BCUT2D eigenvalue weighted by Gasteiger charge is 2.14. The average Bonchev–Trinajstić information content (AvgIpc) is 2.29. The molecule has 0 aliphatic heterocycles. The number of aliphatic hydroxyl groups is 1. The monoisotopic (exact) mass is 222 g/mol. The van der Waals surface area contributed by atoms with E-state index in [0.717, 1.165) is 5.56 Å². The van der Waals surface area contributed by atoms with E-state index in [1.807, 2.05) is 30.3 Å². The van der Waals surface area contributed by atoms with Gasteiger partial charge in [-0.15, -0.1) is 0 Å². The summed E-state index contributed by atoms with van der Waals surface area (Å²) in [4.78, 5) is 14.9. The molecule has 0 saturated heterocycles. The summed E-state index contributed by atoms with van der Waals surface area (Å²) in [7, 11) is 3.41. The van der Waals surface area contributed by atoms with Crippen molar-refractivity contribution in [2.75, 3.05) is 27.2 Å². The van der Waals surface area contributed by atoms with Gasteiger partial charge in [0, 0.05) is 27.2 Å². The lowest BCUT2D eigenvalue weighted by molar-refractivity contribution is 0.152. The van der Waals surface area contributed by atoms with Gasteiger partial charge in [-0.2, -0.15) is 0 Å². The molecule has 0 unspecified atom stereocenters. The normalized spacial score (nSPS) is 9.94. The summed E-state index contributed by atoms with van der Waals surface area (Å²) in [5, 5.41) is 8.93. The van der Waals surface area contributed by atoms with E-state index in [1.54, 1.807) is 19.0 Å². The zero-order chi connectivity index (χ0) is 12.0. The Morgan fingerprint density at radius 1 is 1.25 bits per heavy atom. The molecule has 16 heavy (non-hydrogen) atoms. The van der Waals surface area contributed by atoms with Crippen LogP contribution in [0.5, 0.6) is 0 Å². The van der Waals surface area contributed by atoms with Crippen LogP contribution < -0.4 is 0 Å². The summed E-state index contributed by atoms with van der Waals surface area (Å²) < 4.78 is 0. The number of urea groups is 1. The summed E-state index contributed by atoms with van der Waals surface area (Å²) in [5.41, 5.74) is 1.06. The number of amides is 2. The molecule has 0 saturated carbocycles. The van der Waals surface area contributed by atoms with Gasteiger partial charge in [0.05, 0.1) is 6.61 Å². The lowest BCUT2D eigenvalue weighted by Gasteiger charge is -2.25. The number of hydrogen-bond acceptors (Lipinski definition) is 2. The topological polar surface area (TPSA) is 43.8 Å². The third-order valence-electron chi connectivity index (χ3n) is 2.24. The van der Waals surface area contributed by atoms with E-state index in [-0.39, 0.29) is 12.6 Å². The molecule has 0 bridgehead atoms. The van der Waals surface area contributed by atoms with Crippen LogP contribution in [0.15, 0.2) is 30.3 Å². The van der Waals surface area contributed by atoms with Crippen molar-refractivity contribution >= 4 is 6.03 Å². The van der Waals surface area contributed by atoms with Gasteiger partial charge in [0.25, 0.3) is 0 Å². The minimum Gasteiger partial charge on any atom is -0.395 e. The van der Waals surface area contributed by atoms with Crippen molar-refractivity contribution in [1.82, 2.24) is 9.80 Å². The van der Waals surface area contributed by atoms with Gasteiger partial charge in [0.1, 0.15) is 0 Å². The number of carbonyl (C=O) groups excluding carboxylic acids is 1. The van der Waals surface area contributed by atoms with Gasteiger partial charge in [0.15, 0.2) is 0 Å². The molecule has 0 heterocycles. The Hall–Kier alpha value is -1.55. The van der Waals surface area contributed by atoms with Crippen LogP contribution in [0, 0.1) is 0 Å². The molecule has 1 aromatic carbocycles. The second-order valence-electron chi connectivity index (χ2n) is 3.81. The van der Waals surface area contributed by atoms with Crippen molar-refractivity contribution in [1.29, 1.82) is 0 Å². The van der Waals surface area contributed by atoms with Crippen LogP contribution in [0.2, 0.25) is 0 Å². The number of hydrogen-bond donors (Lipinski definition) is 1. The third-order valence-corrected chi connectivity index (χ3v) is 2.24. The standard InChI is InChI=1S/C12H18N2O2/c1-13(2)12(16)14(8-9-15)10-11-6-4-3-5-7-11/h3-7,15H,8-10H2,1-2H3. The summed E-state index contributed by atoms with van der Waals surface area (Å²) >= 11 is 0. The van der Waals surface area contributed by atoms with Gasteiger partial charge >= 0.3 is 6.03 Å². The van der Waals surface area contributed by atoms with Gasteiger partial charge in [-0.3, -0.25) is 0 Å². The highest BCUT2D eigenvalue weighted by molar-refractivity contribution is 5.73. The molecular weight excluding hydrogens is 204 g/mol. The summed E-state index contributed by atoms with van der Waals surface area (Å²) in [5.74, 6) is 0. The Balaban J connectivity index is 2.68. The number of benzene rings is 1. The van der Waals surface area contributed by atoms with Crippen molar-refractivity contribution in [3.63, 3.8) is 0 Å². The molecule has 0 radical (unpaired) electrons. The van der Waals surface area contributed by atoms with Crippen LogP contribution in [0.1, 0.15) is 5.56 Å². The molecule has 0 aromatic heterocycles. The molecule has 4 nitrogen and oxygen atoms in total. The summed E-state index contributed by atoms with van der Waals surface area (Å²) in [6.45, 7) is 0.858. The van der Waals surface area contributed by atoms with E-state index in [9.17, 15) is 4.79 Å². The largest absolute Gasteiger partial charge is 0.395 e. The van der Waals surface area contributed by atoms with Crippen LogP contribution in [0.3, 0.4) is 0 Å². The van der Waals surface area contributed by atoms with E-state index in [4.69, 9.17) is 5.11 Å². The highest BCUT2D eigenvalue weighted by atomic mass is 16.3. The minimum atomic E-state index is -0.0853. The Morgan fingerprint density at radius 3 is 2.38 bits per heavy atom. The minimum absolute atomic E-state index is 0.0214. The first-order valence-corrected chi connectivity index (χ1v) is 5.26. The third kappa shape index (κ3) is 3.55. The number of nitrogens with zero attached hydrogens (tertiary/aromatic N) is 2. The van der Waals surface area contributed by atoms with Crippen molar-refractivity contribution < 1.29 is 9.90 Å². The van der Waals surface area contributed by atoms with Crippen LogP contribution in [-0.2, 0) is 6.54 Å². The Kier molecular flexibility index (Phi) is 4.79. The first kappa shape index (κ1) is 12.5. The number of aliphatic hydroxyl groups excluding tert-OH is 1. The first-order chi connectivity index (χ1) is 7.65. The van der Waals surface area contributed by atoms with Crippen LogP contribution in [0.4, 0.5) is 4.79 Å². The molecule has 1 rings (SSSR count). The highest BCUT2D eigenvalue weighted by Crippen LogP contribution is 2.05. The second kappa shape index (κ2) is 6.12. The summed E-state index contributed by atoms with van der Waals surface area (Å²) in [6.07, 6.45) is 0. The van der Waals surface area contributed by atoms with Crippen molar-refractivity contribution in [2.45, 2.75) is 6.54 Å². The smallest absolute Gasteiger partial charge is 0.319 e. The second-order valence-corrected chi connectivity index (χ2v) is 3.81. The molecule has 88 valence electrons. The maximum atomic E-state index is 11.8. The Bertz CT molecular complexity index is 325. The van der Waals surface area contributed by atoms with E-state index in [0.29, 0.717) is 13.1 Å². The molecule has 2 amide bonds. The molecule has 0 fully saturated rings. The van der Waals surface area contributed by atoms with Crippen molar-refractivity contribution in [3.05, 3.63) is 35.9 Å². The van der Waals surface area contributed by atoms with E-state index in [1.165, 1.54) is 4.90 Å². The molecule has 4 heteroatoms. The molecular formula is C12H18N2O2. The van der Waals surface area contributed by atoms with E-state index < -0.39 is 0 Å². The van der Waals surface area contributed by atoms with Crippen LogP contribution in [-0.4, -0.2) is 48.2 Å². The van der Waals surface area contributed by atoms with Gasteiger partial charge in [-0.1, -0.05) is 30.3 Å². The fraction of sp³-hybridized carbons (Fsp3) is 0.417. The SMILES string of the molecule is CN(C)C(=O)N(CCO)Cc1ccccc1. The maximum absolute atomic E-state index is 11.8. The van der Waals surface area contributed by atoms with Crippen molar-refractivity contribution in [2.24, 2.45) is 0 Å². The Morgan fingerprint density at radius 2 is 1.88 bits per heavy atom. The van der Waals surface area contributed by atoms with Crippen LogP contribution in [0.25, 0.3) is 0 Å². The van der Waals surface area contributed by atoms with Gasteiger partial charge in [-0.05, 0) is 5.56 Å². The predicted molar refractivity (Wildman–Crippen MR) is 63.0 cm³/mol. The molecule has 0 spiro atoms. The maximum Gasteiger partial charge on any atom is 0.319 e. The lowest BCUT2D eigenvalue weighted by atomic mass is 10.2. The molecule has 0 aliphatic carbocycles. The zero-order valence-corrected chi connectivity index (χ0v) is 9.76. The lowest BCUT2D eigenvalue weighted by Crippen LogP contribution is -2.40. The zero-order valence-electron chi connectivity index (χ0n) is 9.76. The fourth-order valence-electron chi connectivity index (χ4n) is 1.45. The van der Waals surface area contributed by atoms with Gasteiger partial charge in [0.2, 0.25) is 0 Å². The molecule has 0 atom stereocenters. The van der Waals surface area contributed by atoms with Crippen LogP contribution >= 0.6 is 0 Å². The van der Waals surface area contributed by atoms with Crippen molar-refractivity contribution in [3.8, 4) is 0 Å². The fourth-order valence-corrected chi connectivity index (χ4v) is 1.45. The quantitative estimate of drug-likeness (QED) is 0.831. The van der Waals surface area contributed by atoms with Gasteiger partial charge in [-0.25, -0.2) is 4.79 Å². The predicted octanol–water partition coefficient (Wildman–Crippen LogP) is 1.16. The molecule has 1 aromatic rings. The van der Waals surface area contributed by atoms with E-state index >= 15 is 0 Å². The number of carbonyl (C=O) groups is 1. The Labute approximate surface area is 96.1 Å². The molecule has 1 N–H and O–H groups in total. The molecule has 0 aliphatic rings. The van der Waals surface area contributed by atoms with E-state index in [2.05, 4.69) is 0 Å². The first-order valence-electron chi connectivity index (χ1n) is 5.26. The average molecular weight is 222 g/mol. The number of rotatable bonds is 4. The summed E-state index contributed by atoms with van der Waals surface area (Å²) in [6, 6.07) is 9.66. The van der Waals surface area contributed by atoms with Gasteiger partial charge < -0.3 is 14.9 Å².